The molecule has 1 heterocycles. The van der Waals surface area contributed by atoms with Gasteiger partial charge in [0, 0.05) is 16.7 Å². The van der Waals surface area contributed by atoms with Gasteiger partial charge in [0.1, 0.15) is 5.76 Å². The topological polar surface area (TPSA) is 60.8 Å². The van der Waals surface area contributed by atoms with Crippen LogP contribution in [0.5, 0.6) is 0 Å². The van der Waals surface area contributed by atoms with E-state index in [4.69, 9.17) is 0 Å². The quantitative estimate of drug-likeness (QED) is 0.689. The first-order chi connectivity index (χ1) is 12.7. The van der Waals surface area contributed by atoms with Crippen LogP contribution >= 0.6 is 0 Å². The molecule has 2 N–H and O–H groups in total. The standard InChI is InChI=1S/C22H17NO3/c24-20(15-9-3-1-4-10-15)19-17-13-7-8-14-18(17)23(22(19)26)21(25)16-11-5-2-6-12-16/h1-14,22,24,26H/b20-19+. The zero-order valence-electron chi connectivity index (χ0n) is 13.9. The molecule has 0 saturated heterocycles. The van der Waals surface area contributed by atoms with Crippen LogP contribution < -0.4 is 4.90 Å². The van der Waals surface area contributed by atoms with E-state index < -0.39 is 6.23 Å². The molecule has 128 valence electrons. The van der Waals surface area contributed by atoms with E-state index in [0.29, 0.717) is 28.0 Å². The molecular weight excluding hydrogens is 326 g/mol. The fourth-order valence-electron chi connectivity index (χ4n) is 3.25. The van der Waals surface area contributed by atoms with Crippen molar-refractivity contribution in [2.75, 3.05) is 4.90 Å². The Kier molecular flexibility index (Phi) is 4.03. The van der Waals surface area contributed by atoms with Crippen molar-refractivity contribution in [1.29, 1.82) is 0 Å². The molecular formula is C22H17NO3. The van der Waals surface area contributed by atoms with Crippen molar-refractivity contribution in [3.05, 3.63) is 102 Å². The molecule has 1 unspecified atom stereocenters. The molecule has 1 atom stereocenters. The Morgan fingerprint density at radius 3 is 1.96 bits per heavy atom. The van der Waals surface area contributed by atoms with Crippen LogP contribution in [0.25, 0.3) is 11.3 Å². The van der Waals surface area contributed by atoms with Crippen LogP contribution in [0.1, 0.15) is 21.5 Å². The number of nitrogens with zero attached hydrogens (tertiary/aromatic N) is 1. The summed E-state index contributed by atoms with van der Waals surface area (Å²) in [5.41, 5.74) is 2.61. The highest BCUT2D eigenvalue weighted by molar-refractivity contribution is 6.13. The lowest BCUT2D eigenvalue weighted by atomic mass is 10.0. The van der Waals surface area contributed by atoms with Gasteiger partial charge in [-0.15, -0.1) is 0 Å². The van der Waals surface area contributed by atoms with Crippen LogP contribution in [0.2, 0.25) is 0 Å². The minimum Gasteiger partial charge on any atom is -0.507 e. The Balaban J connectivity index is 1.86. The molecule has 0 aromatic heterocycles. The number of aliphatic hydroxyl groups excluding tert-OH is 2. The SMILES string of the molecule is O=C(c1ccccc1)N1c2ccccc2/C(=C(\O)c2ccccc2)C1O. The Morgan fingerprint density at radius 1 is 0.769 bits per heavy atom. The number of amides is 1. The predicted octanol–water partition coefficient (Wildman–Crippen LogP) is 4.09. The number of hydrogen-bond donors (Lipinski definition) is 2. The largest absolute Gasteiger partial charge is 0.507 e. The minimum absolute atomic E-state index is 0.0334. The monoisotopic (exact) mass is 343 g/mol. The first kappa shape index (κ1) is 16.1. The molecule has 3 aromatic carbocycles. The zero-order chi connectivity index (χ0) is 18.1. The Labute approximate surface area is 151 Å². The second kappa shape index (κ2) is 6.50. The molecule has 1 aliphatic rings. The van der Waals surface area contributed by atoms with Gasteiger partial charge in [-0.2, -0.15) is 0 Å². The van der Waals surface area contributed by atoms with E-state index >= 15 is 0 Å². The van der Waals surface area contributed by atoms with Gasteiger partial charge in [0.15, 0.2) is 6.23 Å². The van der Waals surface area contributed by atoms with Gasteiger partial charge in [-0.25, -0.2) is 0 Å². The molecule has 4 nitrogen and oxygen atoms in total. The summed E-state index contributed by atoms with van der Waals surface area (Å²) < 4.78 is 0. The third-order valence-electron chi connectivity index (χ3n) is 4.50. The number of hydrogen-bond acceptors (Lipinski definition) is 3. The number of para-hydroxylation sites is 1. The van der Waals surface area contributed by atoms with E-state index in [1.165, 1.54) is 4.90 Å². The van der Waals surface area contributed by atoms with Crippen LogP contribution in [0, 0.1) is 0 Å². The molecule has 4 heteroatoms. The summed E-state index contributed by atoms with van der Waals surface area (Å²) in [6, 6.07) is 25.0. The number of carbonyl (C=O) groups excluding carboxylic acids is 1. The Bertz CT molecular complexity index is 981. The molecule has 3 aromatic rings. The van der Waals surface area contributed by atoms with E-state index in [0.717, 1.165) is 0 Å². The molecule has 0 radical (unpaired) electrons. The second-order valence-electron chi connectivity index (χ2n) is 6.06. The van der Waals surface area contributed by atoms with Gasteiger partial charge in [0.25, 0.3) is 5.91 Å². The second-order valence-corrected chi connectivity index (χ2v) is 6.06. The van der Waals surface area contributed by atoms with Crippen LogP contribution in [-0.4, -0.2) is 22.3 Å². The molecule has 0 aliphatic carbocycles. The smallest absolute Gasteiger partial charge is 0.260 e. The predicted molar refractivity (Wildman–Crippen MR) is 102 cm³/mol. The van der Waals surface area contributed by atoms with Crippen molar-refractivity contribution in [1.82, 2.24) is 0 Å². The van der Waals surface area contributed by atoms with Crippen molar-refractivity contribution >= 4 is 22.9 Å². The maximum atomic E-state index is 13.0. The summed E-state index contributed by atoms with van der Waals surface area (Å²) in [4.78, 5) is 14.3. The maximum absolute atomic E-state index is 13.0. The number of anilines is 1. The summed E-state index contributed by atoms with van der Waals surface area (Å²) in [6.45, 7) is 0. The van der Waals surface area contributed by atoms with E-state index in [1.54, 1.807) is 54.6 Å². The molecule has 1 aliphatic heterocycles. The summed E-state index contributed by atoms with van der Waals surface area (Å²) in [6.07, 6.45) is -1.26. The van der Waals surface area contributed by atoms with E-state index in [9.17, 15) is 15.0 Å². The highest BCUT2D eigenvalue weighted by atomic mass is 16.3. The van der Waals surface area contributed by atoms with Gasteiger partial charge in [-0.05, 0) is 18.2 Å². The first-order valence-corrected chi connectivity index (χ1v) is 8.33. The molecule has 4 rings (SSSR count). The van der Waals surface area contributed by atoms with Gasteiger partial charge < -0.3 is 10.2 Å². The van der Waals surface area contributed by atoms with Gasteiger partial charge in [-0.1, -0.05) is 66.7 Å². The van der Waals surface area contributed by atoms with Crippen LogP contribution in [0.3, 0.4) is 0 Å². The van der Waals surface area contributed by atoms with Crippen LogP contribution in [-0.2, 0) is 0 Å². The molecule has 0 spiro atoms. The van der Waals surface area contributed by atoms with Crippen molar-refractivity contribution < 1.29 is 15.0 Å². The third kappa shape index (κ3) is 2.57. The average Bonchev–Trinajstić information content (AvgIpc) is 3.00. The summed E-state index contributed by atoms with van der Waals surface area (Å²) in [5.74, 6) is -0.352. The van der Waals surface area contributed by atoms with Gasteiger partial charge in [0.2, 0.25) is 0 Å². The molecule has 26 heavy (non-hydrogen) atoms. The number of fused-ring (bicyclic) bond motifs is 1. The lowest BCUT2D eigenvalue weighted by Crippen LogP contribution is -2.37. The molecule has 0 saturated carbocycles. The minimum atomic E-state index is -1.26. The van der Waals surface area contributed by atoms with Gasteiger partial charge >= 0.3 is 0 Å². The number of rotatable bonds is 2. The van der Waals surface area contributed by atoms with E-state index in [-0.39, 0.29) is 11.7 Å². The zero-order valence-corrected chi connectivity index (χ0v) is 13.9. The van der Waals surface area contributed by atoms with Crippen molar-refractivity contribution in [2.24, 2.45) is 0 Å². The lowest BCUT2D eigenvalue weighted by molar-refractivity contribution is 0.0938. The average molecular weight is 343 g/mol. The first-order valence-electron chi connectivity index (χ1n) is 8.33. The number of aliphatic hydroxyl groups is 2. The van der Waals surface area contributed by atoms with Crippen molar-refractivity contribution in [2.45, 2.75) is 6.23 Å². The highest BCUT2D eigenvalue weighted by Crippen LogP contribution is 2.43. The van der Waals surface area contributed by atoms with Crippen LogP contribution in [0.4, 0.5) is 5.69 Å². The summed E-state index contributed by atoms with van der Waals surface area (Å²) >= 11 is 0. The number of carbonyl (C=O) groups is 1. The number of benzene rings is 3. The Morgan fingerprint density at radius 2 is 1.31 bits per heavy atom. The third-order valence-corrected chi connectivity index (χ3v) is 4.50. The fraction of sp³-hybridized carbons (Fsp3) is 0.0455. The van der Waals surface area contributed by atoms with Gasteiger partial charge in [-0.3, -0.25) is 9.69 Å². The molecule has 0 fully saturated rings. The molecule has 1 amide bonds. The fourth-order valence-corrected chi connectivity index (χ4v) is 3.25. The lowest BCUT2D eigenvalue weighted by Gasteiger charge is -2.22. The molecule has 0 bridgehead atoms. The summed E-state index contributed by atoms with van der Waals surface area (Å²) in [7, 11) is 0. The van der Waals surface area contributed by atoms with Crippen molar-refractivity contribution in [3.63, 3.8) is 0 Å². The normalized spacial score (nSPS) is 17.7. The van der Waals surface area contributed by atoms with Gasteiger partial charge in [0.05, 0.1) is 11.3 Å². The van der Waals surface area contributed by atoms with E-state index in [2.05, 4.69) is 0 Å². The summed E-state index contributed by atoms with van der Waals surface area (Å²) in [5, 5.41) is 21.7. The Hall–Kier alpha value is -3.37. The van der Waals surface area contributed by atoms with Crippen molar-refractivity contribution in [3.8, 4) is 0 Å². The van der Waals surface area contributed by atoms with Crippen LogP contribution in [0.15, 0.2) is 84.9 Å². The highest BCUT2D eigenvalue weighted by Gasteiger charge is 2.39. The maximum Gasteiger partial charge on any atom is 0.260 e. The van der Waals surface area contributed by atoms with E-state index in [1.807, 2.05) is 30.3 Å².